The Morgan fingerprint density at radius 1 is 1.12 bits per heavy atom. The van der Waals surface area contributed by atoms with E-state index in [9.17, 15) is 0 Å². The van der Waals surface area contributed by atoms with Gasteiger partial charge in [0.05, 0.1) is 0 Å². The van der Waals surface area contributed by atoms with E-state index in [1.54, 1.807) is 0 Å². The van der Waals surface area contributed by atoms with E-state index in [2.05, 4.69) is 0 Å². The zero-order valence-electron chi connectivity index (χ0n) is 4.09. The summed E-state index contributed by atoms with van der Waals surface area (Å²) in [7, 11) is -5.39. The number of rotatable bonds is 0. The molecule has 0 unspecified atom stereocenters. The first-order valence-corrected chi connectivity index (χ1v) is 2.19. The van der Waals surface area contributed by atoms with Gasteiger partial charge in [-0.05, 0) is 0 Å². The molecule has 0 aliphatic carbocycles. The molecular formula is AgCaNaO4P. The number of hydrogen-bond acceptors (Lipinski definition) is 4. The van der Waals surface area contributed by atoms with Crippen LogP contribution in [0, 0.1) is 0 Å². The SMILES string of the molecule is O=P([O-])([O-])[O-].[Ag].[Ca+2].[Na+]. The van der Waals surface area contributed by atoms with E-state index < -0.39 is 7.82 Å². The van der Waals surface area contributed by atoms with Crippen LogP contribution in [0.4, 0.5) is 0 Å². The van der Waals surface area contributed by atoms with Gasteiger partial charge in [0.15, 0.2) is 0 Å². The molecule has 0 aliphatic rings. The summed E-state index contributed by atoms with van der Waals surface area (Å²) in [6.07, 6.45) is 0. The van der Waals surface area contributed by atoms with Gasteiger partial charge in [-0.2, -0.15) is 7.82 Å². The molecule has 0 aromatic rings. The van der Waals surface area contributed by atoms with Gasteiger partial charge in [-0.15, -0.1) is 0 Å². The molecule has 0 atom stereocenters. The molecule has 0 rings (SSSR count). The minimum Gasteiger partial charge on any atom is -0.822 e. The first-order valence-electron chi connectivity index (χ1n) is 0.730. The molecule has 43 valence electrons. The van der Waals surface area contributed by atoms with Crippen LogP contribution in [0.15, 0.2) is 0 Å². The van der Waals surface area contributed by atoms with Crippen molar-refractivity contribution < 1.29 is 71.2 Å². The molecule has 0 saturated carbocycles. The second-order valence-electron chi connectivity index (χ2n) is 0.447. The van der Waals surface area contributed by atoms with Crippen LogP contribution in [-0.2, 0) is 26.9 Å². The fourth-order valence-electron chi connectivity index (χ4n) is 0. The fourth-order valence-corrected chi connectivity index (χ4v) is 0. The summed E-state index contributed by atoms with van der Waals surface area (Å²) in [5.74, 6) is 0. The van der Waals surface area contributed by atoms with Gasteiger partial charge in [-0.1, -0.05) is 0 Å². The molecule has 0 saturated heterocycles. The quantitative estimate of drug-likeness (QED) is 0.322. The van der Waals surface area contributed by atoms with E-state index in [1.165, 1.54) is 0 Å². The maximum atomic E-state index is 8.55. The molecule has 0 aromatic carbocycles. The Hall–Kier alpha value is 3.11. The Kier molecular flexibility index (Phi) is 28.4. The van der Waals surface area contributed by atoms with Crippen LogP contribution in [0.2, 0.25) is 0 Å². The molecule has 0 N–H and O–H groups in total. The second kappa shape index (κ2) is 10.1. The topological polar surface area (TPSA) is 86.2 Å². The molecule has 4 nitrogen and oxygen atoms in total. The van der Waals surface area contributed by atoms with E-state index in [0.29, 0.717) is 0 Å². The third-order valence-electron chi connectivity index (χ3n) is 0. The summed E-state index contributed by atoms with van der Waals surface area (Å²) in [4.78, 5) is 25.6. The van der Waals surface area contributed by atoms with Crippen molar-refractivity contribution in [1.29, 1.82) is 0 Å². The van der Waals surface area contributed by atoms with Gasteiger partial charge in [-0.3, -0.25) is 0 Å². The molecule has 0 aliphatic heterocycles. The van der Waals surface area contributed by atoms with E-state index in [4.69, 9.17) is 19.2 Å². The zero-order valence-corrected chi connectivity index (χ0v) is 10.7. The van der Waals surface area contributed by atoms with Crippen molar-refractivity contribution in [3.8, 4) is 0 Å². The maximum absolute atomic E-state index is 8.55. The summed E-state index contributed by atoms with van der Waals surface area (Å²) in [5, 5.41) is 0. The van der Waals surface area contributed by atoms with Gasteiger partial charge in [-0.25, -0.2) is 0 Å². The van der Waals surface area contributed by atoms with Crippen LogP contribution < -0.4 is 44.2 Å². The third-order valence-corrected chi connectivity index (χ3v) is 0. The fraction of sp³-hybridized carbons (Fsp3) is 0. The summed E-state index contributed by atoms with van der Waals surface area (Å²) in [5.41, 5.74) is 0. The van der Waals surface area contributed by atoms with Crippen LogP contribution >= 0.6 is 7.82 Å². The average Bonchev–Trinajstić information content (AvgIpc) is 0.722. The Morgan fingerprint density at radius 2 is 1.12 bits per heavy atom. The molecule has 0 heterocycles. The van der Waals surface area contributed by atoms with Crippen LogP contribution in [-0.4, -0.2) is 37.7 Å². The first kappa shape index (κ1) is 22.5. The van der Waals surface area contributed by atoms with Crippen LogP contribution in [0.1, 0.15) is 0 Å². The minimum atomic E-state index is -5.39. The van der Waals surface area contributed by atoms with Gasteiger partial charge >= 0.3 is 67.3 Å². The normalized spacial score (nSPS) is 7.38. The van der Waals surface area contributed by atoms with Gasteiger partial charge < -0.3 is 19.2 Å². The summed E-state index contributed by atoms with van der Waals surface area (Å²) in [6.45, 7) is 0. The van der Waals surface area contributed by atoms with E-state index >= 15 is 0 Å². The summed E-state index contributed by atoms with van der Waals surface area (Å²) in [6, 6.07) is 0. The van der Waals surface area contributed by atoms with Gasteiger partial charge in [0.25, 0.3) is 0 Å². The third kappa shape index (κ3) is 61.9. The van der Waals surface area contributed by atoms with Crippen molar-refractivity contribution in [3.05, 3.63) is 0 Å². The standard InChI is InChI=1S/Ag.Ca.Na.H3O4P/c;;;1-5(2,3)4/h;;;(H3,1,2,3,4)/q;+2;+1;/p-3. The first-order chi connectivity index (χ1) is 2.00. The van der Waals surface area contributed by atoms with E-state index in [0.717, 1.165) is 0 Å². The van der Waals surface area contributed by atoms with Gasteiger partial charge in [0.2, 0.25) is 0 Å². The molecule has 1 radical (unpaired) electrons. The average molecular weight is 266 g/mol. The minimum absolute atomic E-state index is 0. The van der Waals surface area contributed by atoms with Crippen molar-refractivity contribution >= 4 is 45.6 Å². The largest absolute Gasteiger partial charge is 2.00 e. The molecular weight excluding hydrogens is 266 g/mol. The Morgan fingerprint density at radius 3 is 1.12 bits per heavy atom. The molecule has 0 bridgehead atoms. The monoisotopic (exact) mass is 265 g/mol. The molecule has 0 aromatic heterocycles. The van der Waals surface area contributed by atoms with Gasteiger partial charge in [0.1, 0.15) is 0 Å². The van der Waals surface area contributed by atoms with Crippen molar-refractivity contribution in [1.82, 2.24) is 0 Å². The summed E-state index contributed by atoms with van der Waals surface area (Å²) < 4.78 is 8.55. The van der Waals surface area contributed by atoms with Crippen molar-refractivity contribution in [2.24, 2.45) is 0 Å². The van der Waals surface area contributed by atoms with Crippen LogP contribution in [0.5, 0.6) is 0 Å². The maximum Gasteiger partial charge on any atom is 2.00 e. The van der Waals surface area contributed by atoms with Crippen LogP contribution in [0.3, 0.4) is 0 Å². The number of hydrogen-bond donors (Lipinski definition) is 0. The summed E-state index contributed by atoms with van der Waals surface area (Å²) >= 11 is 0. The predicted molar refractivity (Wildman–Crippen MR) is 13.4 cm³/mol. The molecule has 0 amide bonds. The van der Waals surface area contributed by atoms with E-state index in [-0.39, 0.29) is 89.7 Å². The van der Waals surface area contributed by atoms with Crippen LogP contribution in [0.25, 0.3) is 0 Å². The van der Waals surface area contributed by atoms with Crippen molar-refractivity contribution in [3.63, 3.8) is 0 Å². The number of phosphoric acid groups is 1. The molecule has 0 spiro atoms. The van der Waals surface area contributed by atoms with E-state index in [1.807, 2.05) is 0 Å². The van der Waals surface area contributed by atoms with Gasteiger partial charge in [0, 0.05) is 22.4 Å². The predicted octanol–water partition coefficient (Wildman–Crippen LogP) is -6.20. The second-order valence-corrected chi connectivity index (χ2v) is 1.34. The smallest absolute Gasteiger partial charge is 0.822 e. The Bertz CT molecular complexity index is 62.2. The molecule has 8 heteroatoms. The molecule has 0 fully saturated rings. The van der Waals surface area contributed by atoms with Crippen molar-refractivity contribution in [2.75, 3.05) is 0 Å². The van der Waals surface area contributed by atoms with Crippen molar-refractivity contribution in [2.45, 2.75) is 0 Å². The zero-order chi connectivity index (χ0) is 4.50. The Balaban J connectivity index is -0.0000000267. The Labute approximate surface area is 114 Å². The molecule has 8 heavy (non-hydrogen) atoms.